The molecule has 0 spiro atoms. The number of benzene rings is 1. The average molecular weight is 263 g/mol. The maximum absolute atomic E-state index is 13.0. The van der Waals surface area contributed by atoms with Gasteiger partial charge in [-0.1, -0.05) is 25.0 Å². The van der Waals surface area contributed by atoms with Crippen molar-refractivity contribution in [2.24, 2.45) is 0 Å². The molecule has 0 aromatic heterocycles. The minimum Gasteiger partial charge on any atom is -0.369 e. The van der Waals surface area contributed by atoms with Crippen LogP contribution in [0.5, 0.6) is 0 Å². The van der Waals surface area contributed by atoms with E-state index < -0.39 is 0 Å². The van der Waals surface area contributed by atoms with E-state index in [9.17, 15) is 4.39 Å². The Labute approximate surface area is 114 Å². The van der Waals surface area contributed by atoms with Crippen LogP contribution >= 0.6 is 0 Å². The molecule has 0 saturated heterocycles. The van der Waals surface area contributed by atoms with Crippen LogP contribution in [0.15, 0.2) is 24.3 Å². The standard InChI is InChI=1S/C16H22FNO/c17-13-7-5-12(6-8-13)16(11-18-14-9-10-14)19-15-3-1-2-4-15/h5-8,14-16,18H,1-4,9-11H2. The molecule has 0 radical (unpaired) electrons. The number of hydrogen-bond acceptors (Lipinski definition) is 2. The Kier molecular flexibility index (Phi) is 4.14. The summed E-state index contributed by atoms with van der Waals surface area (Å²) in [4.78, 5) is 0. The normalized spacial score (nSPS) is 21.7. The Hall–Kier alpha value is -0.930. The van der Waals surface area contributed by atoms with Crippen LogP contribution in [-0.4, -0.2) is 18.7 Å². The van der Waals surface area contributed by atoms with Crippen molar-refractivity contribution in [1.29, 1.82) is 0 Å². The minimum atomic E-state index is -0.182. The predicted octanol–water partition coefficient (Wildman–Crippen LogP) is 3.58. The van der Waals surface area contributed by atoms with Gasteiger partial charge in [0.15, 0.2) is 0 Å². The molecule has 1 aromatic rings. The maximum atomic E-state index is 13.0. The average Bonchev–Trinajstić information content (AvgIpc) is 3.11. The first kappa shape index (κ1) is 13.1. The van der Waals surface area contributed by atoms with E-state index in [0.717, 1.165) is 12.1 Å². The molecule has 1 aromatic carbocycles. The van der Waals surface area contributed by atoms with Crippen LogP contribution < -0.4 is 5.32 Å². The lowest BCUT2D eigenvalue weighted by molar-refractivity contribution is -0.00895. The van der Waals surface area contributed by atoms with Gasteiger partial charge in [0.05, 0.1) is 12.2 Å². The topological polar surface area (TPSA) is 21.3 Å². The molecule has 0 amide bonds. The Morgan fingerprint density at radius 3 is 2.42 bits per heavy atom. The maximum Gasteiger partial charge on any atom is 0.123 e. The molecular formula is C16H22FNO. The lowest BCUT2D eigenvalue weighted by Gasteiger charge is -2.23. The first-order chi connectivity index (χ1) is 9.31. The summed E-state index contributed by atoms with van der Waals surface area (Å²) in [6, 6.07) is 7.43. The van der Waals surface area contributed by atoms with Gasteiger partial charge in [-0.25, -0.2) is 4.39 Å². The first-order valence-electron chi connectivity index (χ1n) is 7.45. The highest BCUT2D eigenvalue weighted by molar-refractivity contribution is 5.19. The first-order valence-corrected chi connectivity index (χ1v) is 7.45. The fourth-order valence-electron chi connectivity index (χ4n) is 2.74. The molecule has 1 atom stereocenters. The summed E-state index contributed by atoms with van der Waals surface area (Å²) in [6.07, 6.45) is 7.88. The van der Waals surface area contributed by atoms with Gasteiger partial charge in [-0.3, -0.25) is 0 Å². The number of halogens is 1. The molecule has 0 heterocycles. The molecule has 0 aliphatic heterocycles. The van der Waals surface area contributed by atoms with Crippen LogP contribution in [0.4, 0.5) is 4.39 Å². The van der Waals surface area contributed by atoms with Crippen molar-refractivity contribution < 1.29 is 9.13 Å². The van der Waals surface area contributed by atoms with Crippen molar-refractivity contribution in [2.45, 2.75) is 56.8 Å². The summed E-state index contributed by atoms with van der Waals surface area (Å²) in [5, 5.41) is 3.52. The minimum absolute atomic E-state index is 0.0595. The second kappa shape index (κ2) is 6.02. The zero-order chi connectivity index (χ0) is 13.1. The van der Waals surface area contributed by atoms with Crippen LogP contribution in [0, 0.1) is 5.82 Å². The number of rotatable bonds is 6. The van der Waals surface area contributed by atoms with Gasteiger partial charge >= 0.3 is 0 Å². The molecule has 1 N–H and O–H groups in total. The van der Waals surface area contributed by atoms with Crippen molar-refractivity contribution in [2.75, 3.05) is 6.54 Å². The molecule has 3 heteroatoms. The van der Waals surface area contributed by atoms with Crippen LogP contribution in [-0.2, 0) is 4.74 Å². The SMILES string of the molecule is Fc1ccc(C(CNC2CC2)OC2CCCC2)cc1. The third-order valence-corrected chi connectivity index (χ3v) is 4.07. The van der Waals surface area contributed by atoms with Crippen LogP contribution in [0.25, 0.3) is 0 Å². The summed E-state index contributed by atoms with van der Waals surface area (Å²) in [5.74, 6) is -0.182. The molecular weight excluding hydrogens is 241 g/mol. The van der Waals surface area contributed by atoms with Gasteiger partial charge < -0.3 is 10.1 Å². The number of hydrogen-bond donors (Lipinski definition) is 1. The van der Waals surface area contributed by atoms with E-state index in [1.165, 1.54) is 50.7 Å². The zero-order valence-corrected chi connectivity index (χ0v) is 11.3. The van der Waals surface area contributed by atoms with Crippen molar-refractivity contribution >= 4 is 0 Å². The highest BCUT2D eigenvalue weighted by Gasteiger charge is 2.25. The Morgan fingerprint density at radius 1 is 1.11 bits per heavy atom. The molecule has 2 saturated carbocycles. The molecule has 3 rings (SSSR count). The van der Waals surface area contributed by atoms with Gasteiger partial charge in [-0.05, 0) is 43.4 Å². The summed E-state index contributed by atoms with van der Waals surface area (Å²) in [5.41, 5.74) is 1.08. The largest absolute Gasteiger partial charge is 0.369 e. The van der Waals surface area contributed by atoms with Crippen molar-refractivity contribution in [3.05, 3.63) is 35.6 Å². The molecule has 2 fully saturated rings. The summed E-state index contributed by atoms with van der Waals surface area (Å²) in [7, 11) is 0. The number of ether oxygens (including phenoxy) is 1. The van der Waals surface area contributed by atoms with E-state index in [0.29, 0.717) is 12.1 Å². The summed E-state index contributed by atoms with van der Waals surface area (Å²) < 4.78 is 19.3. The van der Waals surface area contributed by atoms with E-state index in [2.05, 4.69) is 5.32 Å². The van der Waals surface area contributed by atoms with E-state index >= 15 is 0 Å². The molecule has 1 unspecified atom stereocenters. The van der Waals surface area contributed by atoms with Gasteiger partial charge in [0.25, 0.3) is 0 Å². The van der Waals surface area contributed by atoms with Crippen LogP contribution in [0.3, 0.4) is 0 Å². The third-order valence-electron chi connectivity index (χ3n) is 4.07. The molecule has 2 aliphatic carbocycles. The summed E-state index contributed by atoms with van der Waals surface area (Å²) in [6.45, 7) is 0.840. The fraction of sp³-hybridized carbons (Fsp3) is 0.625. The quantitative estimate of drug-likeness (QED) is 0.847. The smallest absolute Gasteiger partial charge is 0.123 e. The highest BCUT2D eigenvalue weighted by Crippen LogP contribution is 2.28. The summed E-state index contributed by atoms with van der Waals surface area (Å²) >= 11 is 0. The Morgan fingerprint density at radius 2 is 1.79 bits per heavy atom. The lowest BCUT2D eigenvalue weighted by atomic mass is 10.1. The van der Waals surface area contributed by atoms with Crippen LogP contribution in [0.1, 0.15) is 50.2 Å². The van der Waals surface area contributed by atoms with E-state index in [1.54, 1.807) is 0 Å². The second-order valence-electron chi connectivity index (χ2n) is 5.77. The fourth-order valence-corrected chi connectivity index (χ4v) is 2.74. The number of nitrogens with one attached hydrogen (secondary N) is 1. The molecule has 104 valence electrons. The molecule has 2 aliphatic rings. The van der Waals surface area contributed by atoms with Crippen molar-refractivity contribution in [1.82, 2.24) is 5.32 Å². The Bertz CT molecular complexity index is 396. The van der Waals surface area contributed by atoms with Crippen LogP contribution in [0.2, 0.25) is 0 Å². The Balaban J connectivity index is 1.64. The van der Waals surface area contributed by atoms with Gasteiger partial charge in [0, 0.05) is 12.6 Å². The molecule has 19 heavy (non-hydrogen) atoms. The van der Waals surface area contributed by atoms with Gasteiger partial charge in [-0.15, -0.1) is 0 Å². The monoisotopic (exact) mass is 263 g/mol. The zero-order valence-electron chi connectivity index (χ0n) is 11.3. The van der Waals surface area contributed by atoms with Gasteiger partial charge in [-0.2, -0.15) is 0 Å². The third kappa shape index (κ3) is 3.77. The predicted molar refractivity (Wildman–Crippen MR) is 73.5 cm³/mol. The molecule has 0 bridgehead atoms. The van der Waals surface area contributed by atoms with Gasteiger partial charge in [0.2, 0.25) is 0 Å². The van der Waals surface area contributed by atoms with E-state index in [1.807, 2.05) is 12.1 Å². The van der Waals surface area contributed by atoms with Gasteiger partial charge in [0.1, 0.15) is 5.82 Å². The highest BCUT2D eigenvalue weighted by atomic mass is 19.1. The second-order valence-corrected chi connectivity index (χ2v) is 5.77. The van der Waals surface area contributed by atoms with Crippen molar-refractivity contribution in [3.63, 3.8) is 0 Å². The van der Waals surface area contributed by atoms with E-state index in [4.69, 9.17) is 4.74 Å². The lowest BCUT2D eigenvalue weighted by Crippen LogP contribution is -2.27. The molecule has 2 nitrogen and oxygen atoms in total. The van der Waals surface area contributed by atoms with Crippen molar-refractivity contribution in [3.8, 4) is 0 Å². The van der Waals surface area contributed by atoms with E-state index in [-0.39, 0.29) is 11.9 Å².